The molecule has 0 spiro atoms. The van der Waals surface area contributed by atoms with Gasteiger partial charge in [0.25, 0.3) is 0 Å². The van der Waals surface area contributed by atoms with E-state index in [2.05, 4.69) is 16.5 Å². The van der Waals surface area contributed by atoms with E-state index in [4.69, 9.17) is 4.98 Å². The third-order valence-electron chi connectivity index (χ3n) is 7.88. The normalized spacial score (nSPS) is 15.2. The lowest BCUT2D eigenvalue weighted by molar-refractivity contribution is -0.126. The van der Waals surface area contributed by atoms with E-state index >= 15 is 8.78 Å². The molecule has 0 radical (unpaired) electrons. The van der Waals surface area contributed by atoms with Crippen LogP contribution >= 0.6 is 11.8 Å². The van der Waals surface area contributed by atoms with Gasteiger partial charge in [0.1, 0.15) is 23.1 Å². The van der Waals surface area contributed by atoms with E-state index in [9.17, 15) is 14.4 Å². The molecule has 3 aromatic heterocycles. The minimum absolute atomic E-state index is 0.0834. The largest absolute Gasteiger partial charge is 0.355 e. The number of piperazine rings is 1. The van der Waals surface area contributed by atoms with Crippen molar-refractivity contribution in [2.75, 3.05) is 24.5 Å². The van der Waals surface area contributed by atoms with Crippen LogP contribution in [0.15, 0.2) is 54.0 Å². The van der Waals surface area contributed by atoms with Gasteiger partial charge in [0.2, 0.25) is 5.91 Å². The molecule has 5 rings (SSSR count). The molecule has 0 bridgehead atoms. The van der Waals surface area contributed by atoms with Gasteiger partial charge in [0.05, 0.1) is 16.8 Å². The van der Waals surface area contributed by atoms with E-state index in [1.165, 1.54) is 35.8 Å². The smallest absolute Gasteiger partial charge is 0.350 e. The van der Waals surface area contributed by atoms with Gasteiger partial charge in [-0.3, -0.25) is 14.6 Å². The lowest BCUT2D eigenvalue weighted by Crippen LogP contribution is -2.54. The van der Waals surface area contributed by atoms with Crippen LogP contribution < -0.4 is 10.6 Å². The van der Waals surface area contributed by atoms with Gasteiger partial charge in [-0.1, -0.05) is 44.3 Å². The lowest BCUT2D eigenvalue weighted by atomic mass is 10.0. The van der Waals surface area contributed by atoms with Gasteiger partial charge < -0.3 is 9.80 Å². The SMILES string of the molecule is C=CC(=O)N1CCN(c2nc(=O)n(-c3c(C)ccnc3C(C)C)c3nc(-c4c(F)cccc4CSC(C)=O)c(F)cc23)[C@@H](C)C1. The van der Waals surface area contributed by atoms with Crippen molar-refractivity contribution in [3.05, 3.63) is 88.1 Å². The number of fused-ring (bicyclic) bond motifs is 1. The van der Waals surface area contributed by atoms with Gasteiger partial charge in [0, 0.05) is 50.1 Å². The van der Waals surface area contributed by atoms with Crippen molar-refractivity contribution >= 4 is 39.6 Å². The number of aryl methyl sites for hydroxylation is 1. The maximum Gasteiger partial charge on any atom is 0.355 e. The molecular formula is C33H34F2N6O3S. The molecule has 0 N–H and O–H groups in total. The molecular weight excluding hydrogens is 598 g/mol. The third-order valence-corrected chi connectivity index (χ3v) is 8.74. The Hall–Kier alpha value is -4.45. The van der Waals surface area contributed by atoms with E-state index in [0.29, 0.717) is 36.6 Å². The van der Waals surface area contributed by atoms with Crippen LogP contribution in [0.4, 0.5) is 14.6 Å². The van der Waals surface area contributed by atoms with E-state index in [1.807, 2.05) is 32.6 Å². The van der Waals surface area contributed by atoms with Crippen LogP contribution in [0.1, 0.15) is 50.4 Å². The first-order valence-corrected chi connectivity index (χ1v) is 15.6. The predicted octanol–water partition coefficient (Wildman–Crippen LogP) is 5.56. The second kappa shape index (κ2) is 12.9. The number of hydrogen-bond acceptors (Lipinski definition) is 8. The van der Waals surface area contributed by atoms with Gasteiger partial charge in [0.15, 0.2) is 10.8 Å². The number of halogens is 2. The molecule has 4 aromatic rings. The summed E-state index contributed by atoms with van der Waals surface area (Å²) in [4.78, 5) is 55.3. The quantitative estimate of drug-likeness (QED) is 0.244. The molecule has 0 saturated carbocycles. The predicted molar refractivity (Wildman–Crippen MR) is 173 cm³/mol. The zero-order valence-corrected chi connectivity index (χ0v) is 26.6. The summed E-state index contributed by atoms with van der Waals surface area (Å²) < 4.78 is 33.0. The summed E-state index contributed by atoms with van der Waals surface area (Å²) in [6.07, 6.45) is 2.91. The van der Waals surface area contributed by atoms with Crippen LogP contribution in [0.25, 0.3) is 28.0 Å². The molecule has 1 aliphatic heterocycles. The average Bonchev–Trinajstić information content (AvgIpc) is 2.99. The molecule has 4 heterocycles. The molecule has 0 unspecified atom stereocenters. The highest BCUT2D eigenvalue weighted by Crippen LogP contribution is 2.36. The number of amides is 1. The fraction of sp³-hybridized carbons (Fsp3) is 0.333. The first kappa shape index (κ1) is 32.0. The highest BCUT2D eigenvalue weighted by molar-refractivity contribution is 8.12. The van der Waals surface area contributed by atoms with E-state index in [0.717, 1.165) is 17.3 Å². The second-order valence-electron chi connectivity index (χ2n) is 11.3. The number of anilines is 1. The minimum atomic E-state index is -0.810. The molecule has 1 aliphatic rings. The molecule has 1 atom stereocenters. The number of benzene rings is 1. The van der Waals surface area contributed by atoms with Crippen molar-refractivity contribution in [2.24, 2.45) is 0 Å². The van der Waals surface area contributed by atoms with Crippen LogP contribution in [-0.4, -0.2) is 61.1 Å². The third kappa shape index (κ3) is 6.11. The van der Waals surface area contributed by atoms with Gasteiger partial charge >= 0.3 is 5.69 Å². The van der Waals surface area contributed by atoms with Crippen molar-refractivity contribution < 1.29 is 18.4 Å². The zero-order valence-electron chi connectivity index (χ0n) is 25.8. The Kier molecular flexibility index (Phi) is 9.15. The van der Waals surface area contributed by atoms with Crippen LogP contribution in [0.5, 0.6) is 0 Å². The monoisotopic (exact) mass is 632 g/mol. The number of nitrogens with zero attached hydrogens (tertiary/aromatic N) is 6. The van der Waals surface area contributed by atoms with Gasteiger partial charge in [-0.15, -0.1) is 0 Å². The van der Waals surface area contributed by atoms with Crippen molar-refractivity contribution in [1.82, 2.24) is 24.4 Å². The number of hydrogen-bond donors (Lipinski definition) is 0. The van der Waals surface area contributed by atoms with Gasteiger partial charge in [-0.25, -0.2) is 23.1 Å². The Labute approximate surface area is 264 Å². The number of rotatable bonds is 7. The van der Waals surface area contributed by atoms with Crippen LogP contribution in [0, 0.1) is 18.6 Å². The van der Waals surface area contributed by atoms with E-state index in [1.54, 1.807) is 23.2 Å². The fourth-order valence-electron chi connectivity index (χ4n) is 5.72. The summed E-state index contributed by atoms with van der Waals surface area (Å²) in [6, 6.07) is 7.06. The van der Waals surface area contributed by atoms with Crippen molar-refractivity contribution in [3.8, 4) is 16.9 Å². The number of pyridine rings is 2. The molecule has 12 heteroatoms. The van der Waals surface area contributed by atoms with E-state index in [-0.39, 0.29) is 56.8 Å². The first-order valence-electron chi connectivity index (χ1n) is 14.6. The van der Waals surface area contributed by atoms with Crippen molar-refractivity contribution in [2.45, 2.75) is 52.3 Å². The van der Waals surface area contributed by atoms with E-state index < -0.39 is 17.3 Å². The Bertz CT molecular complexity index is 1890. The van der Waals surface area contributed by atoms with Crippen molar-refractivity contribution in [3.63, 3.8) is 0 Å². The Balaban J connectivity index is 1.82. The molecule has 0 aliphatic carbocycles. The summed E-state index contributed by atoms with van der Waals surface area (Å²) in [6.45, 7) is 13.6. The molecule has 1 saturated heterocycles. The molecule has 1 amide bonds. The van der Waals surface area contributed by atoms with Crippen LogP contribution in [0.2, 0.25) is 0 Å². The Morgan fingerprint density at radius 1 is 1.16 bits per heavy atom. The molecule has 1 aromatic carbocycles. The zero-order chi connectivity index (χ0) is 32.6. The van der Waals surface area contributed by atoms with Crippen molar-refractivity contribution in [1.29, 1.82) is 0 Å². The number of aromatic nitrogens is 4. The first-order chi connectivity index (χ1) is 21.4. The Morgan fingerprint density at radius 3 is 2.58 bits per heavy atom. The highest BCUT2D eigenvalue weighted by atomic mass is 32.2. The van der Waals surface area contributed by atoms with Crippen LogP contribution in [0.3, 0.4) is 0 Å². The highest BCUT2D eigenvalue weighted by Gasteiger charge is 2.31. The average molecular weight is 633 g/mol. The fourth-order valence-corrected chi connectivity index (χ4v) is 6.32. The second-order valence-corrected chi connectivity index (χ2v) is 12.5. The van der Waals surface area contributed by atoms with Crippen LogP contribution in [-0.2, 0) is 15.3 Å². The maximum absolute atomic E-state index is 16.2. The molecule has 45 heavy (non-hydrogen) atoms. The molecule has 9 nitrogen and oxygen atoms in total. The minimum Gasteiger partial charge on any atom is -0.350 e. The summed E-state index contributed by atoms with van der Waals surface area (Å²) >= 11 is 0.976. The summed E-state index contributed by atoms with van der Waals surface area (Å²) in [7, 11) is 0. The van der Waals surface area contributed by atoms with Gasteiger partial charge in [-0.2, -0.15) is 4.98 Å². The summed E-state index contributed by atoms with van der Waals surface area (Å²) in [5, 5.41) is 0.0825. The summed E-state index contributed by atoms with van der Waals surface area (Å²) in [5.74, 6) is -1.48. The number of thioether (sulfide) groups is 1. The summed E-state index contributed by atoms with van der Waals surface area (Å²) in [5.41, 5.74) is 1.28. The van der Waals surface area contributed by atoms with Gasteiger partial charge in [-0.05, 0) is 55.2 Å². The topological polar surface area (TPSA) is 101 Å². The molecule has 234 valence electrons. The maximum atomic E-state index is 16.2. The molecule has 1 fully saturated rings. The Morgan fingerprint density at radius 2 is 1.91 bits per heavy atom. The number of carbonyl (C=O) groups is 2. The number of carbonyl (C=O) groups excluding carboxylic acids is 2. The lowest BCUT2D eigenvalue weighted by Gasteiger charge is -2.40. The standard InChI is InChI=1S/C33H34F2N6O3S/c1-7-26(43)39-13-14-40(20(5)16-39)31-23-15-25(35)29(27-22(17-45-21(6)42)9-8-10-24(27)34)37-32(23)41(33(44)38-31)30-19(4)11-12-36-28(30)18(2)3/h7-12,15,18,20H,1,13-14,16-17H2,2-6H3/t20-/m0/s1.